The molecule has 0 saturated heterocycles. The molecule has 0 aromatic heterocycles. The number of phenols is 1. The van der Waals surface area contributed by atoms with Gasteiger partial charge >= 0.3 is 0 Å². The van der Waals surface area contributed by atoms with Crippen molar-refractivity contribution in [3.63, 3.8) is 0 Å². The van der Waals surface area contributed by atoms with Crippen molar-refractivity contribution in [2.45, 2.75) is 39.0 Å². The topological polar surface area (TPSA) is 49.3 Å². The molecule has 0 aliphatic rings. The predicted molar refractivity (Wildman–Crippen MR) is 104 cm³/mol. The normalized spacial score (nSPS) is 11.1. The van der Waals surface area contributed by atoms with Gasteiger partial charge in [0.1, 0.15) is 17.4 Å². The van der Waals surface area contributed by atoms with Crippen molar-refractivity contribution in [2.24, 2.45) is 0 Å². The average Bonchev–Trinajstić information content (AvgIpc) is 2.61. The number of carbonyl (C=O) groups is 1. The highest BCUT2D eigenvalue weighted by Crippen LogP contribution is 2.35. The summed E-state index contributed by atoms with van der Waals surface area (Å²) in [5, 5.41) is 12.4. The summed E-state index contributed by atoms with van der Waals surface area (Å²) in [6.07, 6.45) is 0.232. The van der Waals surface area contributed by atoms with E-state index in [1.54, 1.807) is 13.8 Å². The first-order valence-corrected chi connectivity index (χ1v) is 9.29. The molecule has 0 aliphatic heterocycles. The number of aryl methyl sites for hydroxylation is 1. The van der Waals surface area contributed by atoms with Crippen LogP contribution in [0.4, 0.5) is 8.78 Å². The largest absolute Gasteiger partial charge is 0.508 e. The molecule has 0 saturated carbocycles. The molecule has 0 fully saturated rings. The van der Waals surface area contributed by atoms with E-state index in [1.807, 2.05) is 0 Å². The predicted octanol–water partition coefficient (Wildman–Crippen LogP) is 5.37. The van der Waals surface area contributed by atoms with E-state index in [9.17, 15) is 18.7 Å². The van der Waals surface area contributed by atoms with Gasteiger partial charge in [-0.15, -0.1) is 0 Å². The molecule has 0 spiro atoms. The first-order valence-electron chi connectivity index (χ1n) is 8.53. The summed E-state index contributed by atoms with van der Waals surface area (Å²) in [5.41, 5.74) is 0.949. The lowest BCUT2D eigenvalue weighted by molar-refractivity contribution is -0.120. The van der Waals surface area contributed by atoms with Crippen LogP contribution in [0, 0.1) is 11.6 Å². The number of benzene rings is 2. The van der Waals surface area contributed by atoms with E-state index in [2.05, 4.69) is 5.32 Å². The fourth-order valence-corrected chi connectivity index (χ4v) is 3.53. The van der Waals surface area contributed by atoms with E-state index in [0.29, 0.717) is 0 Å². The van der Waals surface area contributed by atoms with Crippen molar-refractivity contribution in [2.75, 3.05) is 7.05 Å². The van der Waals surface area contributed by atoms with Crippen molar-refractivity contribution in [1.29, 1.82) is 0 Å². The molecule has 27 heavy (non-hydrogen) atoms. The first kappa shape index (κ1) is 21.5. The van der Waals surface area contributed by atoms with Gasteiger partial charge in [0, 0.05) is 30.5 Å². The second-order valence-electron chi connectivity index (χ2n) is 6.60. The van der Waals surface area contributed by atoms with Gasteiger partial charge in [0.05, 0.1) is 5.02 Å². The van der Waals surface area contributed by atoms with E-state index in [0.717, 1.165) is 0 Å². The Balaban J connectivity index is 2.39. The van der Waals surface area contributed by atoms with Gasteiger partial charge in [0.2, 0.25) is 5.91 Å². The van der Waals surface area contributed by atoms with Crippen LogP contribution in [-0.2, 0) is 17.6 Å². The number of carbonyl (C=O) groups excluding carboxylic acids is 1. The number of phenolic OH excluding ortho intramolecular Hbond substituents is 1. The number of nitrogens with one attached hydrogen (secondary N) is 1. The molecule has 0 bridgehead atoms. The molecular weight excluding hydrogens is 395 g/mol. The van der Waals surface area contributed by atoms with Crippen LogP contribution in [0.1, 0.15) is 48.4 Å². The summed E-state index contributed by atoms with van der Waals surface area (Å²) < 4.78 is 29.4. The smallest absolute Gasteiger partial charge is 0.220 e. The van der Waals surface area contributed by atoms with Crippen molar-refractivity contribution in [3.05, 3.63) is 62.1 Å². The second kappa shape index (κ2) is 8.89. The maximum Gasteiger partial charge on any atom is 0.220 e. The fraction of sp³-hybridized carbons (Fsp3) is 0.350. The lowest BCUT2D eigenvalue weighted by Crippen LogP contribution is -2.18. The molecule has 0 atom stereocenters. The fourth-order valence-electron chi connectivity index (χ4n) is 2.90. The number of hydrogen-bond acceptors (Lipinski definition) is 2. The Bertz CT molecular complexity index is 870. The SMILES string of the molecule is CNC(=O)CCc1cc(Cl)c(Cc2ccc(O)c(C(C)C)c2F)c(Cl)c1F. The Morgan fingerprint density at radius 1 is 1.19 bits per heavy atom. The summed E-state index contributed by atoms with van der Waals surface area (Å²) >= 11 is 12.4. The van der Waals surface area contributed by atoms with Crippen molar-refractivity contribution >= 4 is 29.1 Å². The maximum absolute atomic E-state index is 14.8. The van der Waals surface area contributed by atoms with Gasteiger partial charge in [-0.25, -0.2) is 8.78 Å². The van der Waals surface area contributed by atoms with Gasteiger partial charge in [0.25, 0.3) is 0 Å². The molecule has 0 heterocycles. The van der Waals surface area contributed by atoms with Gasteiger partial charge < -0.3 is 10.4 Å². The van der Waals surface area contributed by atoms with Crippen LogP contribution in [0.2, 0.25) is 10.0 Å². The highest BCUT2D eigenvalue weighted by molar-refractivity contribution is 6.36. The minimum atomic E-state index is -0.664. The van der Waals surface area contributed by atoms with Crippen molar-refractivity contribution in [1.82, 2.24) is 5.32 Å². The summed E-state index contributed by atoms with van der Waals surface area (Å²) in [6, 6.07) is 4.26. The Morgan fingerprint density at radius 2 is 1.85 bits per heavy atom. The number of amides is 1. The van der Waals surface area contributed by atoms with Crippen LogP contribution in [0.25, 0.3) is 0 Å². The molecule has 1 amide bonds. The molecule has 0 unspecified atom stereocenters. The number of rotatable bonds is 6. The minimum Gasteiger partial charge on any atom is -0.508 e. The molecule has 2 N–H and O–H groups in total. The summed E-state index contributed by atoms with van der Waals surface area (Å²) in [6.45, 7) is 3.53. The van der Waals surface area contributed by atoms with Crippen molar-refractivity contribution in [3.8, 4) is 5.75 Å². The molecule has 2 rings (SSSR count). The van der Waals surface area contributed by atoms with Gasteiger partial charge in [-0.1, -0.05) is 43.1 Å². The molecular formula is C20H21Cl2F2NO2. The standard InChI is InChI=1S/C20H21Cl2F2NO2/c1-10(2)17-15(26)6-4-11(19(17)23)8-13-14(21)9-12(20(24)18(13)22)5-7-16(27)25-3/h4,6,9-10,26H,5,7-8H2,1-3H3,(H,25,27). The molecule has 3 nitrogen and oxygen atoms in total. The lowest BCUT2D eigenvalue weighted by Gasteiger charge is -2.16. The highest BCUT2D eigenvalue weighted by atomic mass is 35.5. The van der Waals surface area contributed by atoms with Crippen LogP contribution in [0.5, 0.6) is 5.75 Å². The molecule has 7 heteroatoms. The Hall–Kier alpha value is -1.85. The van der Waals surface area contributed by atoms with Crippen LogP contribution < -0.4 is 5.32 Å². The zero-order chi connectivity index (χ0) is 20.3. The van der Waals surface area contributed by atoms with E-state index in [1.165, 1.54) is 25.2 Å². The van der Waals surface area contributed by atoms with Crippen LogP contribution >= 0.6 is 23.2 Å². The van der Waals surface area contributed by atoms with E-state index < -0.39 is 11.6 Å². The van der Waals surface area contributed by atoms with Crippen LogP contribution in [0.3, 0.4) is 0 Å². The monoisotopic (exact) mass is 415 g/mol. The maximum atomic E-state index is 14.8. The first-order chi connectivity index (χ1) is 12.7. The summed E-state index contributed by atoms with van der Waals surface area (Å²) in [4.78, 5) is 11.4. The van der Waals surface area contributed by atoms with E-state index >= 15 is 0 Å². The molecule has 0 radical (unpaired) electrons. The molecule has 0 aliphatic carbocycles. The third-order valence-corrected chi connectivity index (χ3v) is 5.14. The summed E-state index contributed by atoms with van der Waals surface area (Å²) in [5.74, 6) is -1.79. The quantitative estimate of drug-likeness (QED) is 0.622. The van der Waals surface area contributed by atoms with Gasteiger partial charge in [-0.3, -0.25) is 4.79 Å². The zero-order valence-corrected chi connectivity index (χ0v) is 16.8. The molecule has 2 aromatic carbocycles. The van der Waals surface area contributed by atoms with Gasteiger partial charge in [-0.05, 0) is 41.2 Å². The molecule has 2 aromatic rings. The van der Waals surface area contributed by atoms with E-state index in [4.69, 9.17) is 23.2 Å². The Morgan fingerprint density at radius 3 is 2.44 bits per heavy atom. The average molecular weight is 416 g/mol. The number of hydrogen-bond donors (Lipinski definition) is 2. The minimum absolute atomic E-state index is 0.0177. The van der Waals surface area contributed by atoms with Crippen LogP contribution in [0.15, 0.2) is 18.2 Å². The second-order valence-corrected chi connectivity index (χ2v) is 7.39. The Labute approximate surface area is 167 Å². The number of aromatic hydroxyl groups is 1. The van der Waals surface area contributed by atoms with E-state index in [-0.39, 0.29) is 69.1 Å². The van der Waals surface area contributed by atoms with Crippen LogP contribution in [-0.4, -0.2) is 18.1 Å². The van der Waals surface area contributed by atoms with Gasteiger partial charge in [-0.2, -0.15) is 0 Å². The zero-order valence-electron chi connectivity index (χ0n) is 15.3. The third kappa shape index (κ3) is 4.71. The molecule has 146 valence electrons. The van der Waals surface area contributed by atoms with Crippen molar-refractivity contribution < 1.29 is 18.7 Å². The third-order valence-electron chi connectivity index (χ3n) is 4.41. The van der Waals surface area contributed by atoms with Gasteiger partial charge in [0.15, 0.2) is 0 Å². The highest BCUT2D eigenvalue weighted by Gasteiger charge is 2.21. The summed E-state index contributed by atoms with van der Waals surface area (Å²) in [7, 11) is 1.50. The number of halogens is 4. The lowest BCUT2D eigenvalue weighted by atomic mass is 9.94. The Kier molecular flexibility index (Phi) is 7.06.